The number of nitrogens with zero attached hydrogens (tertiary/aromatic N) is 1. The van der Waals surface area contributed by atoms with Gasteiger partial charge in [-0.05, 0) is 12.5 Å². The summed E-state index contributed by atoms with van der Waals surface area (Å²) in [5.41, 5.74) is 6.59. The van der Waals surface area contributed by atoms with Crippen LogP contribution in [0.4, 0.5) is 0 Å². The molecule has 1 aromatic rings. The number of β-lactam (4-membered cyclic amide) rings is 1. The summed E-state index contributed by atoms with van der Waals surface area (Å²) >= 11 is 2.30. The minimum Gasteiger partial charge on any atom is -0.477 e. The summed E-state index contributed by atoms with van der Waals surface area (Å²) in [6, 6.07) is 8.24. The molecule has 0 aromatic heterocycles. The Morgan fingerprint density at radius 1 is 1.36 bits per heavy atom. The monoisotopic (exact) mass is 424 g/mol. The van der Waals surface area contributed by atoms with Gasteiger partial charge in [-0.3, -0.25) is 14.5 Å². The minimum absolute atomic E-state index is 0.107. The molecule has 1 amide bonds. The number of hydrogen-bond donors (Lipinski definition) is 3. The van der Waals surface area contributed by atoms with E-state index in [0.29, 0.717) is 4.24 Å². The molecule has 0 saturated carbocycles. The Hall–Kier alpha value is -2.01. The Morgan fingerprint density at radius 3 is 2.64 bits per heavy atom. The van der Waals surface area contributed by atoms with E-state index in [1.807, 2.05) is 30.3 Å². The van der Waals surface area contributed by atoms with Crippen LogP contribution in [0.1, 0.15) is 12.5 Å². The molecule has 1 fully saturated rings. The van der Waals surface area contributed by atoms with Crippen LogP contribution in [0.3, 0.4) is 0 Å². The maximum Gasteiger partial charge on any atom is 0.354 e. The number of carbonyl (C=O) groups excluding carboxylic acids is 2. The number of fused-ring (bicyclic) bond motifs is 1. The van der Waals surface area contributed by atoms with Crippen molar-refractivity contribution in [1.82, 2.24) is 4.90 Å². The van der Waals surface area contributed by atoms with Gasteiger partial charge in [0.1, 0.15) is 18.0 Å². The van der Waals surface area contributed by atoms with Crippen LogP contribution in [0.2, 0.25) is 0 Å². The molecule has 1 unspecified atom stereocenters. The van der Waals surface area contributed by atoms with Gasteiger partial charge in [0, 0.05) is 5.75 Å². The predicted octanol–water partition coefficient (Wildman–Crippen LogP) is 0.956. The highest BCUT2D eigenvalue weighted by atomic mass is 32.2. The van der Waals surface area contributed by atoms with E-state index >= 15 is 0 Å². The van der Waals surface area contributed by atoms with Gasteiger partial charge in [0.05, 0.1) is 16.3 Å². The van der Waals surface area contributed by atoms with Crippen LogP contribution >= 0.6 is 23.5 Å². The van der Waals surface area contributed by atoms with Crippen LogP contribution in [-0.4, -0.2) is 56.2 Å². The molecule has 1 saturated heterocycles. The maximum atomic E-state index is 12.2. The van der Waals surface area contributed by atoms with E-state index < -0.39 is 41.3 Å². The molecule has 2 heterocycles. The highest BCUT2D eigenvalue weighted by molar-refractivity contribution is 8.22. The van der Waals surface area contributed by atoms with Crippen LogP contribution in [0.5, 0.6) is 0 Å². The second-order valence-corrected chi connectivity index (χ2v) is 8.85. The zero-order valence-corrected chi connectivity index (χ0v) is 16.6. The van der Waals surface area contributed by atoms with Crippen LogP contribution in [0.25, 0.3) is 0 Å². The van der Waals surface area contributed by atoms with Crippen LogP contribution in [-0.2, 0) is 25.7 Å². The number of nitrogens with two attached hydrogens (primary N) is 1. The number of benzene rings is 1. The molecule has 1 aromatic carbocycles. The summed E-state index contributed by atoms with van der Waals surface area (Å²) in [5.74, 6) is -2.75. The number of thioether (sulfide) groups is 2. The average molecular weight is 425 g/mol. The van der Waals surface area contributed by atoms with Crippen LogP contribution in [0, 0.1) is 5.92 Å². The van der Waals surface area contributed by atoms with Crippen LogP contribution < -0.4 is 5.73 Å². The zero-order chi connectivity index (χ0) is 20.4. The van der Waals surface area contributed by atoms with E-state index in [1.54, 1.807) is 0 Å². The number of aliphatic hydroxyl groups excluding tert-OH is 1. The van der Waals surface area contributed by atoms with Crippen LogP contribution in [0.15, 0.2) is 40.3 Å². The topological polar surface area (TPSA) is 130 Å². The molecule has 0 radical (unpaired) electrons. The van der Waals surface area contributed by atoms with Crippen molar-refractivity contribution in [3.05, 3.63) is 45.8 Å². The van der Waals surface area contributed by atoms with Gasteiger partial charge in [-0.15, -0.1) is 11.8 Å². The first kappa shape index (κ1) is 20.7. The minimum atomic E-state index is -1.23. The zero-order valence-electron chi connectivity index (χ0n) is 15.0. The molecule has 150 valence electrons. The summed E-state index contributed by atoms with van der Waals surface area (Å²) in [6.07, 6.45) is -0.865. The van der Waals surface area contributed by atoms with Gasteiger partial charge in [0.15, 0.2) is 5.70 Å². The Kier molecular flexibility index (Phi) is 6.33. The third-order valence-electron chi connectivity index (χ3n) is 4.39. The SMILES string of the molecule is CC(O)[C@H]1C(=O)N2C(C(=O)O)=C(SC[C@H](N)C(=O)OCc3ccccc3)S[C@H]12. The number of ether oxygens (including phenoxy) is 1. The second kappa shape index (κ2) is 8.56. The van der Waals surface area contributed by atoms with Gasteiger partial charge in [0.2, 0.25) is 5.91 Å². The van der Waals surface area contributed by atoms with E-state index in [4.69, 9.17) is 10.5 Å². The van der Waals surface area contributed by atoms with Gasteiger partial charge >= 0.3 is 11.9 Å². The first-order valence-corrected chi connectivity index (χ1v) is 10.4. The smallest absolute Gasteiger partial charge is 0.354 e. The Balaban J connectivity index is 1.58. The van der Waals surface area contributed by atoms with E-state index in [1.165, 1.54) is 23.6 Å². The van der Waals surface area contributed by atoms with E-state index in [9.17, 15) is 24.6 Å². The molecule has 2 aliphatic heterocycles. The largest absolute Gasteiger partial charge is 0.477 e. The summed E-state index contributed by atoms with van der Waals surface area (Å²) in [7, 11) is 0. The lowest BCUT2D eigenvalue weighted by molar-refractivity contribution is -0.156. The lowest BCUT2D eigenvalue weighted by atomic mass is 9.92. The Morgan fingerprint density at radius 2 is 2.04 bits per heavy atom. The highest BCUT2D eigenvalue weighted by Crippen LogP contribution is 2.53. The number of aliphatic carboxylic acids is 1. The maximum absolute atomic E-state index is 12.2. The number of carboxylic acids is 1. The molecule has 10 heteroatoms. The van der Waals surface area contributed by atoms with Gasteiger partial charge in [-0.1, -0.05) is 42.1 Å². The summed E-state index contributed by atoms with van der Waals surface area (Å²) < 4.78 is 5.59. The van der Waals surface area contributed by atoms with Gasteiger partial charge < -0.3 is 20.7 Å². The lowest BCUT2D eigenvalue weighted by Gasteiger charge is -2.43. The van der Waals surface area contributed by atoms with E-state index in [0.717, 1.165) is 17.3 Å². The molecule has 0 bridgehead atoms. The molecule has 0 spiro atoms. The van der Waals surface area contributed by atoms with Crippen molar-refractivity contribution < 1.29 is 29.3 Å². The second-order valence-electron chi connectivity index (χ2n) is 6.44. The number of amides is 1. The summed E-state index contributed by atoms with van der Waals surface area (Å²) in [6.45, 7) is 1.61. The average Bonchev–Trinajstić information content (AvgIpc) is 2.99. The summed E-state index contributed by atoms with van der Waals surface area (Å²) in [4.78, 5) is 37.0. The first-order chi connectivity index (χ1) is 13.3. The third kappa shape index (κ3) is 4.04. The first-order valence-electron chi connectivity index (χ1n) is 8.55. The van der Waals surface area contributed by atoms with Crippen molar-refractivity contribution in [2.24, 2.45) is 11.7 Å². The van der Waals surface area contributed by atoms with Crippen molar-refractivity contribution in [2.75, 3.05) is 5.75 Å². The van der Waals surface area contributed by atoms with Gasteiger partial charge in [-0.25, -0.2) is 4.79 Å². The number of carboxylic acid groups (broad SMARTS) is 1. The fraction of sp³-hybridized carbons (Fsp3) is 0.389. The van der Waals surface area contributed by atoms with Crippen molar-refractivity contribution in [3.8, 4) is 0 Å². The van der Waals surface area contributed by atoms with Crippen molar-refractivity contribution >= 4 is 41.4 Å². The Bertz CT molecular complexity index is 814. The van der Waals surface area contributed by atoms with Crippen molar-refractivity contribution in [1.29, 1.82) is 0 Å². The molecule has 3 rings (SSSR count). The molecular weight excluding hydrogens is 404 g/mol. The standard InChI is InChI=1S/C18H20N2O6S2/c1-9(21)12-14(22)20-13(16(23)24)18(28-15(12)20)27-8-11(19)17(25)26-7-10-5-3-2-4-6-10/h2-6,9,11-12,15,21H,7-8,19H2,1H3,(H,23,24)/t9?,11-,12-,15+/m0/s1. The number of hydrogen-bond acceptors (Lipinski definition) is 8. The van der Waals surface area contributed by atoms with E-state index in [2.05, 4.69) is 0 Å². The number of esters is 1. The van der Waals surface area contributed by atoms with Gasteiger partial charge in [0.25, 0.3) is 0 Å². The Labute approximate surface area is 170 Å². The van der Waals surface area contributed by atoms with E-state index in [-0.39, 0.29) is 18.1 Å². The normalized spacial score (nSPS) is 23.1. The number of rotatable bonds is 8. The molecule has 2 aliphatic rings. The van der Waals surface area contributed by atoms with Crippen molar-refractivity contribution in [2.45, 2.75) is 31.1 Å². The number of aliphatic hydroxyl groups is 1. The fourth-order valence-electron chi connectivity index (χ4n) is 2.92. The summed E-state index contributed by atoms with van der Waals surface area (Å²) in [5, 5.41) is 18.8. The highest BCUT2D eigenvalue weighted by Gasteiger charge is 2.57. The lowest BCUT2D eigenvalue weighted by Crippen LogP contribution is -2.60. The number of carbonyl (C=O) groups is 3. The predicted molar refractivity (Wildman–Crippen MR) is 105 cm³/mol. The van der Waals surface area contributed by atoms with Gasteiger partial charge in [-0.2, -0.15) is 0 Å². The molecule has 0 aliphatic carbocycles. The molecule has 4 N–H and O–H groups in total. The molecule has 8 nitrogen and oxygen atoms in total. The molecule has 28 heavy (non-hydrogen) atoms. The fourth-order valence-corrected chi connectivity index (χ4v) is 5.80. The quantitative estimate of drug-likeness (QED) is 0.412. The molecule has 4 atom stereocenters. The third-order valence-corrected chi connectivity index (χ3v) is 7.17. The molecular formula is C18H20N2O6S2. The van der Waals surface area contributed by atoms with Crippen molar-refractivity contribution in [3.63, 3.8) is 0 Å².